The fourth-order valence-electron chi connectivity index (χ4n) is 2.67. The Hall–Kier alpha value is -3.07. The van der Waals surface area contributed by atoms with E-state index in [9.17, 15) is 18.4 Å². The highest BCUT2D eigenvalue weighted by molar-refractivity contribution is 6.30. The fourth-order valence-corrected chi connectivity index (χ4v) is 2.79. The van der Waals surface area contributed by atoms with Crippen molar-refractivity contribution in [3.8, 4) is 5.69 Å². The first-order chi connectivity index (χ1) is 13.3. The lowest BCUT2D eigenvalue weighted by Crippen LogP contribution is -2.34. The second-order valence-electron chi connectivity index (χ2n) is 6.22. The number of nitrogens with zero attached hydrogens (tertiary/aromatic N) is 4. The third-order valence-corrected chi connectivity index (χ3v) is 4.45. The number of benzene rings is 2. The highest BCUT2D eigenvalue weighted by Gasteiger charge is 2.16. The molecule has 146 valence electrons. The summed E-state index contributed by atoms with van der Waals surface area (Å²) >= 11 is 5.65. The zero-order valence-corrected chi connectivity index (χ0v) is 15.7. The van der Waals surface area contributed by atoms with E-state index in [0.29, 0.717) is 16.8 Å². The average Bonchev–Trinajstić information content (AvgIpc) is 2.97. The number of amides is 1. The molecule has 0 aliphatic heterocycles. The van der Waals surface area contributed by atoms with Crippen molar-refractivity contribution in [2.24, 2.45) is 0 Å². The standard InChI is InChI=1S/C18H16ClF2N5O2/c1-10-7-13(20)4-6-16(10)26-18(28)25(23-24-26)9-17(27)22-11(2)12-3-5-14(19)15(21)8-12/h3-8,11H,9H2,1-2H3,(H,22,27)/t11-/m0/s1. The van der Waals surface area contributed by atoms with E-state index in [2.05, 4.69) is 15.7 Å². The summed E-state index contributed by atoms with van der Waals surface area (Å²) < 4.78 is 28.7. The number of carbonyl (C=O) groups excluding carboxylic acids is 1. The molecular weight excluding hydrogens is 392 g/mol. The lowest BCUT2D eigenvalue weighted by atomic mass is 10.1. The molecule has 2 aromatic carbocycles. The minimum absolute atomic E-state index is 0.0125. The van der Waals surface area contributed by atoms with E-state index in [1.807, 2.05) is 0 Å². The van der Waals surface area contributed by atoms with Crippen LogP contribution in [0.15, 0.2) is 41.2 Å². The van der Waals surface area contributed by atoms with Gasteiger partial charge in [0, 0.05) is 0 Å². The summed E-state index contributed by atoms with van der Waals surface area (Å²) in [7, 11) is 0. The Morgan fingerprint density at radius 3 is 2.64 bits per heavy atom. The number of halogens is 3. The Morgan fingerprint density at radius 1 is 1.21 bits per heavy atom. The molecule has 0 aliphatic carbocycles. The van der Waals surface area contributed by atoms with Crippen LogP contribution in [0, 0.1) is 18.6 Å². The van der Waals surface area contributed by atoms with Crippen LogP contribution in [-0.2, 0) is 11.3 Å². The predicted molar refractivity (Wildman–Crippen MR) is 98.3 cm³/mol. The molecule has 0 radical (unpaired) electrons. The van der Waals surface area contributed by atoms with Gasteiger partial charge in [0.15, 0.2) is 0 Å². The van der Waals surface area contributed by atoms with Gasteiger partial charge in [-0.1, -0.05) is 17.7 Å². The topological polar surface area (TPSA) is 81.8 Å². The summed E-state index contributed by atoms with van der Waals surface area (Å²) in [6.07, 6.45) is 0. The molecule has 0 fully saturated rings. The van der Waals surface area contributed by atoms with Gasteiger partial charge in [0.25, 0.3) is 0 Å². The summed E-state index contributed by atoms with van der Waals surface area (Å²) in [4.78, 5) is 24.7. The van der Waals surface area contributed by atoms with E-state index in [4.69, 9.17) is 11.6 Å². The van der Waals surface area contributed by atoms with Crippen molar-refractivity contribution in [1.29, 1.82) is 0 Å². The second-order valence-corrected chi connectivity index (χ2v) is 6.63. The van der Waals surface area contributed by atoms with Gasteiger partial charge < -0.3 is 5.32 Å². The highest BCUT2D eigenvalue weighted by atomic mass is 35.5. The highest BCUT2D eigenvalue weighted by Crippen LogP contribution is 2.20. The minimum atomic E-state index is -0.643. The Balaban J connectivity index is 1.73. The number of carbonyl (C=O) groups is 1. The molecule has 0 unspecified atom stereocenters. The Morgan fingerprint density at radius 2 is 1.96 bits per heavy atom. The van der Waals surface area contributed by atoms with Crippen LogP contribution in [0.25, 0.3) is 5.69 Å². The third-order valence-electron chi connectivity index (χ3n) is 4.14. The Bertz CT molecular complexity index is 1100. The molecule has 3 aromatic rings. The average molecular weight is 408 g/mol. The number of rotatable bonds is 5. The van der Waals surface area contributed by atoms with Crippen LogP contribution < -0.4 is 11.0 Å². The van der Waals surface area contributed by atoms with Crippen molar-refractivity contribution in [3.63, 3.8) is 0 Å². The van der Waals surface area contributed by atoms with Gasteiger partial charge in [-0.05, 0) is 65.7 Å². The molecule has 1 heterocycles. The van der Waals surface area contributed by atoms with Gasteiger partial charge in [-0.25, -0.2) is 13.6 Å². The first kappa shape index (κ1) is 19.7. The lowest BCUT2D eigenvalue weighted by Gasteiger charge is -2.14. The third kappa shape index (κ3) is 4.09. The second kappa shape index (κ2) is 7.89. The van der Waals surface area contributed by atoms with Gasteiger partial charge in [-0.2, -0.15) is 9.36 Å². The Kier molecular flexibility index (Phi) is 5.55. The van der Waals surface area contributed by atoms with Gasteiger partial charge in [0.1, 0.15) is 18.2 Å². The maximum atomic E-state index is 13.6. The molecule has 1 N–H and O–H groups in total. The van der Waals surface area contributed by atoms with Gasteiger partial charge in [0.2, 0.25) is 5.91 Å². The molecular formula is C18H16ClF2N5O2. The number of nitrogens with one attached hydrogen (secondary N) is 1. The number of aryl methyl sites for hydroxylation is 1. The van der Waals surface area contributed by atoms with Crippen LogP contribution in [-0.4, -0.2) is 25.7 Å². The van der Waals surface area contributed by atoms with Gasteiger partial charge in [0.05, 0.1) is 16.8 Å². The van der Waals surface area contributed by atoms with Crippen molar-refractivity contribution < 1.29 is 13.6 Å². The molecule has 1 aromatic heterocycles. The van der Waals surface area contributed by atoms with Crippen LogP contribution in [0.3, 0.4) is 0 Å². The number of hydrogen-bond acceptors (Lipinski definition) is 4. The molecule has 0 saturated carbocycles. The van der Waals surface area contributed by atoms with Crippen molar-refractivity contribution >= 4 is 17.5 Å². The molecule has 0 saturated heterocycles. The van der Waals surface area contributed by atoms with Crippen LogP contribution in [0.4, 0.5) is 8.78 Å². The maximum Gasteiger partial charge on any atom is 0.368 e. The molecule has 0 spiro atoms. The fraction of sp³-hybridized carbons (Fsp3) is 0.222. The van der Waals surface area contributed by atoms with E-state index in [0.717, 1.165) is 9.36 Å². The van der Waals surface area contributed by atoms with E-state index in [1.165, 1.54) is 30.3 Å². The van der Waals surface area contributed by atoms with Crippen LogP contribution in [0.5, 0.6) is 0 Å². The van der Waals surface area contributed by atoms with E-state index in [1.54, 1.807) is 19.9 Å². The minimum Gasteiger partial charge on any atom is -0.348 e. The normalized spacial score (nSPS) is 12.0. The summed E-state index contributed by atoms with van der Waals surface area (Å²) in [6, 6.07) is 7.58. The van der Waals surface area contributed by atoms with Gasteiger partial charge in [-0.15, -0.1) is 0 Å². The van der Waals surface area contributed by atoms with Crippen molar-refractivity contribution in [2.75, 3.05) is 0 Å². The maximum absolute atomic E-state index is 13.6. The lowest BCUT2D eigenvalue weighted by molar-refractivity contribution is -0.122. The summed E-state index contributed by atoms with van der Waals surface area (Å²) in [5, 5.41) is 10.1. The molecule has 10 heteroatoms. The zero-order valence-electron chi connectivity index (χ0n) is 15.0. The zero-order chi connectivity index (χ0) is 20.4. The van der Waals surface area contributed by atoms with Gasteiger partial charge in [-0.3, -0.25) is 4.79 Å². The summed E-state index contributed by atoms with van der Waals surface area (Å²) in [5.74, 6) is -1.53. The molecule has 3 rings (SSSR count). The largest absolute Gasteiger partial charge is 0.368 e. The van der Waals surface area contributed by atoms with Crippen LogP contribution in [0.1, 0.15) is 24.1 Å². The molecule has 1 atom stereocenters. The van der Waals surface area contributed by atoms with Crippen molar-refractivity contribution in [2.45, 2.75) is 26.4 Å². The molecule has 0 aliphatic rings. The summed E-state index contributed by atoms with van der Waals surface area (Å²) in [6.45, 7) is 2.92. The van der Waals surface area contributed by atoms with E-state index < -0.39 is 29.3 Å². The first-order valence-corrected chi connectivity index (χ1v) is 8.67. The SMILES string of the molecule is Cc1cc(F)ccc1-n1nnn(CC(=O)N[C@@H](C)c2ccc(Cl)c(F)c2)c1=O. The monoisotopic (exact) mass is 407 g/mol. The number of tetrazole rings is 1. The summed E-state index contributed by atoms with van der Waals surface area (Å²) in [5.41, 5.74) is 0.739. The number of aromatic nitrogens is 4. The molecule has 0 bridgehead atoms. The van der Waals surface area contributed by atoms with Crippen molar-refractivity contribution in [3.05, 3.63) is 74.7 Å². The Labute approximate surface area is 163 Å². The van der Waals surface area contributed by atoms with Crippen molar-refractivity contribution in [1.82, 2.24) is 25.1 Å². The number of hydrogen-bond donors (Lipinski definition) is 1. The van der Waals surface area contributed by atoms with Crippen LogP contribution in [0.2, 0.25) is 5.02 Å². The van der Waals surface area contributed by atoms with E-state index >= 15 is 0 Å². The van der Waals surface area contributed by atoms with Gasteiger partial charge >= 0.3 is 5.69 Å². The molecule has 1 amide bonds. The first-order valence-electron chi connectivity index (χ1n) is 8.30. The quantitative estimate of drug-likeness (QED) is 0.704. The smallest absolute Gasteiger partial charge is 0.348 e. The van der Waals surface area contributed by atoms with Crippen LogP contribution >= 0.6 is 11.6 Å². The predicted octanol–water partition coefficient (Wildman–Crippen LogP) is 2.55. The molecule has 7 nitrogen and oxygen atoms in total. The molecule has 28 heavy (non-hydrogen) atoms. The van der Waals surface area contributed by atoms with E-state index in [-0.39, 0.29) is 11.6 Å².